The minimum atomic E-state index is -0.388. The highest BCUT2D eigenvalue weighted by molar-refractivity contribution is 5.93. The molecule has 0 fully saturated rings. The average Bonchev–Trinajstić information content (AvgIpc) is 2.61. The van der Waals surface area contributed by atoms with Gasteiger partial charge in [-0.05, 0) is 48.7 Å². The van der Waals surface area contributed by atoms with Gasteiger partial charge in [0.05, 0.1) is 19.2 Å². The molecule has 4 nitrogen and oxygen atoms in total. The van der Waals surface area contributed by atoms with Crippen molar-refractivity contribution >= 4 is 16.9 Å². The van der Waals surface area contributed by atoms with Gasteiger partial charge in [0.15, 0.2) is 5.69 Å². The molecule has 0 unspecified atom stereocenters. The van der Waals surface area contributed by atoms with Gasteiger partial charge in [-0.3, -0.25) is 0 Å². The Kier molecular flexibility index (Phi) is 4.75. The Morgan fingerprint density at radius 3 is 2.58 bits per heavy atom. The van der Waals surface area contributed by atoms with Gasteiger partial charge >= 0.3 is 5.97 Å². The molecule has 4 heteroatoms. The maximum atomic E-state index is 12.3. The van der Waals surface area contributed by atoms with E-state index in [1.165, 1.54) is 0 Å². The molecule has 122 valence electrons. The van der Waals surface area contributed by atoms with Crippen molar-refractivity contribution < 1.29 is 14.3 Å². The lowest BCUT2D eigenvalue weighted by Gasteiger charge is -2.11. The number of hydrogen-bond donors (Lipinski definition) is 0. The molecule has 1 aromatic heterocycles. The summed E-state index contributed by atoms with van der Waals surface area (Å²) in [6.45, 7) is 2.12. The molecular weight excluding hydrogens is 302 g/mol. The summed E-state index contributed by atoms with van der Waals surface area (Å²) in [5.74, 6) is 0.375. The number of carbonyl (C=O) groups is 1. The molecule has 0 spiro atoms. The summed E-state index contributed by atoms with van der Waals surface area (Å²) in [6.07, 6.45) is 0.620. The lowest BCUT2D eigenvalue weighted by Crippen LogP contribution is -2.11. The van der Waals surface area contributed by atoms with Crippen LogP contribution >= 0.6 is 0 Å². The Bertz CT molecular complexity index is 859. The third kappa shape index (κ3) is 3.38. The van der Waals surface area contributed by atoms with Crippen molar-refractivity contribution in [1.82, 2.24) is 4.98 Å². The summed E-state index contributed by atoms with van der Waals surface area (Å²) in [7, 11) is 1.63. The van der Waals surface area contributed by atoms with Crippen LogP contribution in [0.5, 0.6) is 5.75 Å². The molecule has 0 amide bonds. The first-order valence-corrected chi connectivity index (χ1v) is 7.90. The van der Waals surface area contributed by atoms with E-state index in [-0.39, 0.29) is 5.97 Å². The van der Waals surface area contributed by atoms with Crippen LogP contribution in [0.4, 0.5) is 0 Å². The number of aromatic nitrogens is 1. The highest BCUT2D eigenvalue weighted by Gasteiger charge is 2.16. The van der Waals surface area contributed by atoms with Gasteiger partial charge in [0.2, 0.25) is 0 Å². The first-order valence-electron chi connectivity index (χ1n) is 7.90. The molecule has 0 atom stereocenters. The number of nitrogens with zero attached hydrogens (tertiary/aromatic N) is 1. The normalized spacial score (nSPS) is 10.6. The topological polar surface area (TPSA) is 48.4 Å². The zero-order chi connectivity index (χ0) is 16.9. The lowest BCUT2D eigenvalue weighted by molar-refractivity contribution is 0.0519. The molecule has 2 aromatic carbocycles. The van der Waals surface area contributed by atoms with E-state index in [1.54, 1.807) is 14.0 Å². The molecule has 0 saturated carbocycles. The molecule has 0 saturated heterocycles. The summed E-state index contributed by atoms with van der Waals surface area (Å²) in [5.41, 5.74) is 3.08. The van der Waals surface area contributed by atoms with Crippen molar-refractivity contribution in [3.8, 4) is 5.75 Å². The van der Waals surface area contributed by atoms with Crippen molar-refractivity contribution in [2.45, 2.75) is 13.3 Å². The fraction of sp³-hybridized carbons (Fsp3) is 0.200. The van der Waals surface area contributed by atoms with Gasteiger partial charge in [0, 0.05) is 5.39 Å². The number of methoxy groups -OCH3 is 1. The molecular formula is C20H19NO3. The SMILES string of the molecule is CCOC(=O)c1nc2ccc(OC)cc2cc1Cc1ccccc1. The molecule has 24 heavy (non-hydrogen) atoms. The highest BCUT2D eigenvalue weighted by atomic mass is 16.5. The monoisotopic (exact) mass is 321 g/mol. The van der Waals surface area contributed by atoms with Crippen LogP contribution in [-0.4, -0.2) is 24.7 Å². The van der Waals surface area contributed by atoms with Gasteiger partial charge in [-0.25, -0.2) is 9.78 Å². The molecule has 0 aliphatic carbocycles. The van der Waals surface area contributed by atoms with Crippen LogP contribution in [0.1, 0.15) is 28.5 Å². The van der Waals surface area contributed by atoms with Crippen molar-refractivity contribution in [2.24, 2.45) is 0 Å². The highest BCUT2D eigenvalue weighted by Crippen LogP contribution is 2.24. The number of fused-ring (bicyclic) bond motifs is 1. The minimum Gasteiger partial charge on any atom is -0.497 e. The summed E-state index contributed by atoms with van der Waals surface area (Å²) in [6, 6.07) is 17.6. The van der Waals surface area contributed by atoms with Crippen LogP contribution < -0.4 is 4.74 Å². The summed E-state index contributed by atoms with van der Waals surface area (Å²) in [5, 5.41) is 0.938. The first-order chi connectivity index (χ1) is 11.7. The summed E-state index contributed by atoms with van der Waals surface area (Å²) >= 11 is 0. The zero-order valence-corrected chi connectivity index (χ0v) is 13.8. The van der Waals surface area contributed by atoms with E-state index in [1.807, 2.05) is 54.6 Å². The zero-order valence-electron chi connectivity index (χ0n) is 13.8. The van der Waals surface area contributed by atoms with Crippen molar-refractivity contribution in [3.05, 3.63) is 71.4 Å². The van der Waals surface area contributed by atoms with E-state index in [0.29, 0.717) is 18.7 Å². The Morgan fingerprint density at radius 2 is 1.88 bits per heavy atom. The molecule has 0 aliphatic heterocycles. The van der Waals surface area contributed by atoms with Crippen LogP contribution in [0.25, 0.3) is 10.9 Å². The van der Waals surface area contributed by atoms with Crippen LogP contribution in [0.3, 0.4) is 0 Å². The Morgan fingerprint density at radius 1 is 1.08 bits per heavy atom. The van der Waals surface area contributed by atoms with Gasteiger partial charge in [-0.15, -0.1) is 0 Å². The van der Waals surface area contributed by atoms with Gasteiger partial charge in [0.25, 0.3) is 0 Å². The van der Waals surface area contributed by atoms with E-state index in [4.69, 9.17) is 9.47 Å². The van der Waals surface area contributed by atoms with Gasteiger partial charge in [-0.1, -0.05) is 30.3 Å². The third-order valence-electron chi connectivity index (χ3n) is 3.81. The summed E-state index contributed by atoms with van der Waals surface area (Å²) in [4.78, 5) is 16.8. The Hall–Kier alpha value is -2.88. The Labute approximate surface area is 141 Å². The average molecular weight is 321 g/mol. The van der Waals surface area contributed by atoms with E-state index < -0.39 is 0 Å². The Balaban J connectivity index is 2.10. The van der Waals surface area contributed by atoms with Crippen LogP contribution in [0, 0.1) is 0 Å². The maximum absolute atomic E-state index is 12.3. The molecule has 0 radical (unpaired) electrons. The quantitative estimate of drug-likeness (QED) is 0.666. The van der Waals surface area contributed by atoms with Crippen LogP contribution in [0.15, 0.2) is 54.6 Å². The van der Waals surface area contributed by atoms with Crippen LogP contribution in [-0.2, 0) is 11.2 Å². The van der Waals surface area contributed by atoms with Crippen LogP contribution in [0.2, 0.25) is 0 Å². The predicted molar refractivity (Wildman–Crippen MR) is 93.5 cm³/mol. The van der Waals surface area contributed by atoms with Crippen molar-refractivity contribution in [2.75, 3.05) is 13.7 Å². The fourth-order valence-corrected chi connectivity index (χ4v) is 2.65. The largest absolute Gasteiger partial charge is 0.497 e. The van der Waals surface area contributed by atoms with Gasteiger partial charge in [0.1, 0.15) is 5.75 Å². The second kappa shape index (κ2) is 7.13. The number of pyridine rings is 1. The number of carbonyl (C=O) groups excluding carboxylic acids is 1. The van der Waals surface area contributed by atoms with E-state index >= 15 is 0 Å². The summed E-state index contributed by atoms with van der Waals surface area (Å²) < 4.78 is 10.5. The van der Waals surface area contributed by atoms with E-state index in [2.05, 4.69) is 4.98 Å². The maximum Gasteiger partial charge on any atom is 0.357 e. The van der Waals surface area contributed by atoms with Gasteiger partial charge < -0.3 is 9.47 Å². The second-order valence-corrected chi connectivity index (χ2v) is 5.44. The molecule has 0 aliphatic rings. The molecule has 0 N–H and O–H groups in total. The fourth-order valence-electron chi connectivity index (χ4n) is 2.65. The van der Waals surface area contributed by atoms with E-state index in [0.717, 1.165) is 27.8 Å². The standard InChI is InChI=1S/C20H19NO3/c1-3-24-20(22)19-16(11-14-7-5-4-6-8-14)12-15-13-17(23-2)9-10-18(15)21-19/h4-10,12-13H,3,11H2,1-2H3. The number of benzene rings is 2. The molecule has 0 bridgehead atoms. The number of hydrogen-bond acceptors (Lipinski definition) is 4. The number of ether oxygens (including phenoxy) is 2. The second-order valence-electron chi connectivity index (χ2n) is 5.44. The van der Waals surface area contributed by atoms with Crippen molar-refractivity contribution in [3.63, 3.8) is 0 Å². The smallest absolute Gasteiger partial charge is 0.357 e. The predicted octanol–water partition coefficient (Wildman–Crippen LogP) is 4.01. The molecule has 3 rings (SSSR count). The number of esters is 1. The van der Waals surface area contributed by atoms with E-state index in [9.17, 15) is 4.79 Å². The lowest BCUT2D eigenvalue weighted by atomic mass is 10.0. The molecule has 1 heterocycles. The first kappa shape index (κ1) is 16.0. The van der Waals surface area contributed by atoms with Crippen molar-refractivity contribution in [1.29, 1.82) is 0 Å². The van der Waals surface area contributed by atoms with Gasteiger partial charge in [-0.2, -0.15) is 0 Å². The molecule has 3 aromatic rings. The minimum absolute atomic E-state index is 0.325. The number of rotatable bonds is 5. The third-order valence-corrected chi connectivity index (χ3v) is 3.81.